The van der Waals surface area contributed by atoms with E-state index < -0.39 is 0 Å². The largest absolute Gasteiger partial charge is 0.376 e. The standard InChI is InChI=1S/C13H19FN2O/c1-9(2)16(4)13(17)8-15-12-7-11(14)6-5-10(12)3/h5-7,9,15H,8H2,1-4H3. The summed E-state index contributed by atoms with van der Waals surface area (Å²) in [5.74, 6) is -0.313. The van der Waals surface area contributed by atoms with E-state index in [4.69, 9.17) is 0 Å². The molecule has 0 aliphatic heterocycles. The van der Waals surface area contributed by atoms with Crippen LogP contribution < -0.4 is 5.32 Å². The number of rotatable bonds is 4. The smallest absolute Gasteiger partial charge is 0.241 e. The van der Waals surface area contributed by atoms with Gasteiger partial charge in [0.05, 0.1) is 6.54 Å². The Bertz CT molecular complexity index is 404. The second-order valence-corrected chi connectivity index (χ2v) is 4.41. The molecule has 0 atom stereocenters. The summed E-state index contributed by atoms with van der Waals surface area (Å²) in [4.78, 5) is 13.4. The SMILES string of the molecule is Cc1ccc(F)cc1NCC(=O)N(C)C(C)C. The summed E-state index contributed by atoms with van der Waals surface area (Å²) in [5.41, 5.74) is 1.59. The Labute approximate surface area is 102 Å². The number of hydrogen-bond acceptors (Lipinski definition) is 2. The van der Waals surface area contributed by atoms with Crippen molar-refractivity contribution in [2.75, 3.05) is 18.9 Å². The van der Waals surface area contributed by atoms with Crippen molar-refractivity contribution in [3.63, 3.8) is 0 Å². The summed E-state index contributed by atoms with van der Waals surface area (Å²) in [6.07, 6.45) is 0. The van der Waals surface area contributed by atoms with Crippen LogP contribution in [0.1, 0.15) is 19.4 Å². The molecule has 0 spiro atoms. The molecule has 0 saturated heterocycles. The number of anilines is 1. The zero-order valence-corrected chi connectivity index (χ0v) is 10.7. The molecular formula is C13H19FN2O. The van der Waals surface area contributed by atoms with Gasteiger partial charge >= 0.3 is 0 Å². The van der Waals surface area contributed by atoms with Gasteiger partial charge in [0.15, 0.2) is 0 Å². The first-order chi connectivity index (χ1) is 7.91. The van der Waals surface area contributed by atoms with E-state index in [1.54, 1.807) is 18.0 Å². The van der Waals surface area contributed by atoms with Crippen molar-refractivity contribution in [2.45, 2.75) is 26.8 Å². The lowest BCUT2D eigenvalue weighted by atomic mass is 10.2. The highest BCUT2D eigenvalue weighted by Crippen LogP contribution is 2.15. The van der Waals surface area contributed by atoms with Crippen molar-refractivity contribution >= 4 is 11.6 Å². The molecule has 1 aromatic carbocycles. The Balaban J connectivity index is 2.61. The third kappa shape index (κ3) is 3.73. The molecule has 3 nitrogen and oxygen atoms in total. The molecule has 0 fully saturated rings. The molecule has 1 N–H and O–H groups in total. The summed E-state index contributed by atoms with van der Waals surface area (Å²) in [6.45, 7) is 5.95. The first kappa shape index (κ1) is 13.5. The predicted octanol–water partition coefficient (Wildman–Crippen LogP) is 2.41. The highest BCUT2D eigenvalue weighted by atomic mass is 19.1. The molecule has 0 radical (unpaired) electrons. The zero-order valence-electron chi connectivity index (χ0n) is 10.7. The maximum Gasteiger partial charge on any atom is 0.241 e. The highest BCUT2D eigenvalue weighted by Gasteiger charge is 2.11. The van der Waals surface area contributed by atoms with Crippen LogP contribution in [0.3, 0.4) is 0 Å². The van der Waals surface area contributed by atoms with Crippen LogP contribution in [0.25, 0.3) is 0 Å². The predicted molar refractivity (Wildman–Crippen MR) is 67.5 cm³/mol. The van der Waals surface area contributed by atoms with Crippen LogP contribution in [0.5, 0.6) is 0 Å². The monoisotopic (exact) mass is 238 g/mol. The maximum absolute atomic E-state index is 13.0. The number of likely N-dealkylation sites (N-methyl/N-ethyl adjacent to an activating group) is 1. The number of nitrogens with one attached hydrogen (secondary N) is 1. The summed E-state index contributed by atoms with van der Waals surface area (Å²) >= 11 is 0. The van der Waals surface area contributed by atoms with Crippen molar-refractivity contribution in [3.05, 3.63) is 29.6 Å². The summed E-state index contributed by atoms with van der Waals surface area (Å²) in [5, 5.41) is 2.96. The lowest BCUT2D eigenvalue weighted by Crippen LogP contribution is -2.37. The molecule has 0 saturated carbocycles. The molecule has 4 heteroatoms. The second-order valence-electron chi connectivity index (χ2n) is 4.41. The molecule has 0 bridgehead atoms. The molecule has 94 valence electrons. The maximum atomic E-state index is 13.0. The minimum absolute atomic E-state index is 0.0105. The number of benzene rings is 1. The Hall–Kier alpha value is -1.58. The molecule has 0 aliphatic carbocycles. The van der Waals surface area contributed by atoms with Gasteiger partial charge in [-0.1, -0.05) is 6.07 Å². The van der Waals surface area contributed by atoms with Gasteiger partial charge in [-0.05, 0) is 38.5 Å². The lowest BCUT2D eigenvalue weighted by molar-refractivity contribution is -0.129. The van der Waals surface area contributed by atoms with Crippen molar-refractivity contribution < 1.29 is 9.18 Å². The topological polar surface area (TPSA) is 32.3 Å². The summed E-state index contributed by atoms with van der Waals surface area (Å²) < 4.78 is 13.0. The van der Waals surface area contributed by atoms with E-state index in [-0.39, 0.29) is 24.3 Å². The van der Waals surface area contributed by atoms with Gasteiger partial charge in [-0.25, -0.2) is 4.39 Å². The van der Waals surface area contributed by atoms with Gasteiger partial charge in [0, 0.05) is 18.8 Å². The second kappa shape index (κ2) is 5.66. The number of nitrogens with zero attached hydrogens (tertiary/aromatic N) is 1. The molecule has 1 amide bonds. The van der Waals surface area contributed by atoms with Crippen LogP contribution in [-0.4, -0.2) is 30.4 Å². The molecule has 1 rings (SSSR count). The minimum Gasteiger partial charge on any atom is -0.376 e. The third-order valence-electron chi connectivity index (χ3n) is 2.80. The number of amides is 1. The van der Waals surface area contributed by atoms with E-state index in [0.29, 0.717) is 5.69 Å². The van der Waals surface area contributed by atoms with Gasteiger partial charge < -0.3 is 10.2 Å². The average molecular weight is 238 g/mol. The van der Waals surface area contributed by atoms with E-state index >= 15 is 0 Å². The Morgan fingerprint density at radius 3 is 2.71 bits per heavy atom. The Morgan fingerprint density at radius 1 is 1.47 bits per heavy atom. The van der Waals surface area contributed by atoms with Gasteiger partial charge in [0.2, 0.25) is 5.91 Å². The van der Waals surface area contributed by atoms with Crippen LogP contribution in [0.4, 0.5) is 10.1 Å². The number of aryl methyl sites for hydroxylation is 1. The quantitative estimate of drug-likeness (QED) is 0.873. The first-order valence-corrected chi connectivity index (χ1v) is 5.67. The number of halogens is 1. The summed E-state index contributed by atoms with van der Waals surface area (Å²) in [6, 6.07) is 4.66. The van der Waals surface area contributed by atoms with Crippen LogP contribution in [-0.2, 0) is 4.79 Å². The molecule has 0 heterocycles. The van der Waals surface area contributed by atoms with Crippen molar-refractivity contribution in [2.24, 2.45) is 0 Å². The van der Waals surface area contributed by atoms with E-state index in [1.807, 2.05) is 20.8 Å². The van der Waals surface area contributed by atoms with E-state index in [2.05, 4.69) is 5.32 Å². The van der Waals surface area contributed by atoms with Gasteiger partial charge in [-0.2, -0.15) is 0 Å². The van der Waals surface area contributed by atoms with Crippen LogP contribution in [0.2, 0.25) is 0 Å². The molecule has 0 aromatic heterocycles. The fourth-order valence-electron chi connectivity index (χ4n) is 1.37. The van der Waals surface area contributed by atoms with Crippen molar-refractivity contribution in [1.82, 2.24) is 4.90 Å². The number of hydrogen-bond donors (Lipinski definition) is 1. The van der Waals surface area contributed by atoms with Gasteiger partial charge in [-0.15, -0.1) is 0 Å². The van der Waals surface area contributed by atoms with E-state index in [9.17, 15) is 9.18 Å². The molecule has 1 aromatic rings. The average Bonchev–Trinajstić information content (AvgIpc) is 2.28. The van der Waals surface area contributed by atoms with E-state index in [0.717, 1.165) is 5.56 Å². The fraction of sp³-hybridized carbons (Fsp3) is 0.462. The fourth-order valence-corrected chi connectivity index (χ4v) is 1.37. The zero-order chi connectivity index (χ0) is 13.0. The lowest BCUT2D eigenvalue weighted by Gasteiger charge is -2.22. The van der Waals surface area contributed by atoms with Gasteiger partial charge in [0.1, 0.15) is 5.82 Å². The third-order valence-corrected chi connectivity index (χ3v) is 2.80. The Morgan fingerprint density at radius 2 is 2.12 bits per heavy atom. The molecule has 0 unspecified atom stereocenters. The highest BCUT2D eigenvalue weighted by molar-refractivity contribution is 5.81. The minimum atomic E-state index is -0.303. The van der Waals surface area contributed by atoms with Gasteiger partial charge in [-0.3, -0.25) is 4.79 Å². The summed E-state index contributed by atoms with van der Waals surface area (Å²) in [7, 11) is 1.76. The molecular weight excluding hydrogens is 219 g/mol. The van der Waals surface area contributed by atoms with Crippen molar-refractivity contribution in [1.29, 1.82) is 0 Å². The van der Waals surface area contributed by atoms with Crippen LogP contribution in [0.15, 0.2) is 18.2 Å². The number of carbonyl (C=O) groups is 1. The first-order valence-electron chi connectivity index (χ1n) is 5.67. The number of carbonyl (C=O) groups excluding carboxylic acids is 1. The molecule has 0 aliphatic rings. The normalized spacial score (nSPS) is 10.5. The van der Waals surface area contributed by atoms with Crippen LogP contribution in [0, 0.1) is 12.7 Å². The molecule has 17 heavy (non-hydrogen) atoms. The van der Waals surface area contributed by atoms with Crippen LogP contribution >= 0.6 is 0 Å². The van der Waals surface area contributed by atoms with E-state index in [1.165, 1.54) is 12.1 Å². The van der Waals surface area contributed by atoms with Gasteiger partial charge in [0.25, 0.3) is 0 Å². The Kier molecular flexibility index (Phi) is 4.49. The van der Waals surface area contributed by atoms with Crippen molar-refractivity contribution in [3.8, 4) is 0 Å².